The number of ether oxygens (including phenoxy) is 2. The summed E-state index contributed by atoms with van der Waals surface area (Å²) in [6, 6.07) is 0. The fourth-order valence-corrected chi connectivity index (χ4v) is 0. The molecule has 0 amide bonds. The highest BCUT2D eigenvalue weighted by atomic mass is 32.2. The monoisotopic (exact) mass is 230 g/mol. The molecule has 0 bridgehead atoms. The lowest BCUT2D eigenvalue weighted by molar-refractivity contribution is -0.137. The van der Waals surface area contributed by atoms with E-state index in [1.165, 1.54) is 14.0 Å². The molecule has 4 heteroatoms. The molecule has 0 aromatic rings. The second kappa shape index (κ2) is 53.1. The second-order valence-electron chi connectivity index (χ2n) is 1.51. The molecule has 0 unspecified atom stereocenters. The first-order valence-corrected chi connectivity index (χ1v) is 4.58. The lowest BCUT2D eigenvalue weighted by Gasteiger charge is -1.80. The van der Waals surface area contributed by atoms with Gasteiger partial charge < -0.3 is 9.47 Å². The van der Waals surface area contributed by atoms with Gasteiger partial charge in [0, 0.05) is 21.1 Å². The number of carbonyl (C=O) groups excluding carboxylic acids is 1. The number of hydrogen-bond donors (Lipinski definition) is 0. The summed E-state index contributed by atoms with van der Waals surface area (Å²) in [5, 5.41) is 0. The van der Waals surface area contributed by atoms with Gasteiger partial charge >= 0.3 is 5.97 Å². The maximum atomic E-state index is 9.59. The van der Waals surface area contributed by atoms with Crippen molar-refractivity contribution in [1.82, 2.24) is 0 Å². The first-order chi connectivity index (χ1) is 5.10. The van der Waals surface area contributed by atoms with E-state index in [0.717, 1.165) is 0 Å². The third kappa shape index (κ3) is 432. The Hall–Kier alpha value is -0.220. The van der Waals surface area contributed by atoms with Crippen molar-refractivity contribution in [1.29, 1.82) is 0 Å². The smallest absolute Gasteiger partial charge is 0.302 e. The van der Waals surface area contributed by atoms with Crippen molar-refractivity contribution in [3.63, 3.8) is 0 Å². The van der Waals surface area contributed by atoms with E-state index in [0.29, 0.717) is 0 Å². The topological polar surface area (TPSA) is 35.5 Å². The van der Waals surface area contributed by atoms with E-state index >= 15 is 0 Å². The van der Waals surface area contributed by atoms with Gasteiger partial charge in [0.2, 0.25) is 0 Å². The number of esters is 1. The third-order valence-electron chi connectivity index (χ3n) is 0.287. The van der Waals surface area contributed by atoms with Crippen molar-refractivity contribution >= 4 is 17.7 Å². The molecule has 0 rings (SSSR count). The number of methoxy groups -OCH3 is 2. The lowest BCUT2D eigenvalue weighted by atomic mass is 10.8. The summed E-state index contributed by atoms with van der Waals surface area (Å²) in [6.45, 7) is 1.36. The molecule has 0 radical (unpaired) electrons. The van der Waals surface area contributed by atoms with Crippen molar-refractivity contribution in [3.05, 3.63) is 0 Å². The number of rotatable bonds is 0. The first-order valence-electron chi connectivity index (χ1n) is 2.95. The molecule has 0 aromatic carbocycles. The highest BCUT2D eigenvalue weighted by molar-refractivity contribution is 7.97. The molecule has 0 atom stereocenters. The molecular formula is C10H30O3S. The van der Waals surface area contributed by atoms with Crippen molar-refractivity contribution in [2.45, 2.75) is 29.2 Å². The van der Waals surface area contributed by atoms with Crippen LogP contribution in [-0.4, -0.2) is 39.8 Å². The minimum Gasteiger partial charge on any atom is -0.469 e. The molecule has 0 aliphatic carbocycles. The van der Waals surface area contributed by atoms with Gasteiger partial charge in [0.15, 0.2) is 0 Å². The Bertz CT molecular complexity index is 66.4. The van der Waals surface area contributed by atoms with Crippen LogP contribution >= 0.6 is 11.8 Å². The Morgan fingerprint density at radius 1 is 1.00 bits per heavy atom. The predicted molar refractivity (Wildman–Crippen MR) is 70.3 cm³/mol. The maximum absolute atomic E-state index is 9.59. The maximum Gasteiger partial charge on any atom is 0.302 e. The highest BCUT2D eigenvalue weighted by Crippen LogP contribution is 1.70. The van der Waals surface area contributed by atoms with Crippen molar-refractivity contribution in [2.24, 2.45) is 0 Å². The van der Waals surface area contributed by atoms with E-state index < -0.39 is 0 Å². The molecule has 0 aliphatic rings. The van der Waals surface area contributed by atoms with Crippen LogP contribution in [0, 0.1) is 0 Å². The number of carbonyl (C=O) groups is 1. The van der Waals surface area contributed by atoms with Gasteiger partial charge in [-0.15, -0.1) is 0 Å². The van der Waals surface area contributed by atoms with Gasteiger partial charge in [-0.1, -0.05) is 22.3 Å². The van der Waals surface area contributed by atoms with Crippen LogP contribution in [0.3, 0.4) is 0 Å². The quantitative estimate of drug-likeness (QED) is 0.598. The zero-order valence-corrected chi connectivity index (χ0v) is 8.95. The van der Waals surface area contributed by atoms with E-state index in [1.54, 1.807) is 26.0 Å². The molecule has 0 saturated heterocycles. The van der Waals surface area contributed by atoms with Crippen LogP contribution in [0.25, 0.3) is 0 Å². The largest absolute Gasteiger partial charge is 0.469 e. The zero-order valence-electron chi connectivity index (χ0n) is 8.13. The summed E-state index contributed by atoms with van der Waals surface area (Å²) in [5.74, 6) is -0.245. The Morgan fingerprint density at radius 2 is 1.07 bits per heavy atom. The van der Waals surface area contributed by atoms with Gasteiger partial charge in [-0.05, 0) is 12.5 Å². The molecule has 0 heterocycles. The van der Waals surface area contributed by atoms with Crippen LogP contribution in [0.15, 0.2) is 0 Å². The van der Waals surface area contributed by atoms with Crippen LogP contribution < -0.4 is 0 Å². The first kappa shape index (κ1) is 37.2. The van der Waals surface area contributed by atoms with Crippen LogP contribution in [0.1, 0.15) is 29.2 Å². The molecule has 0 spiro atoms. The normalized spacial score (nSPS) is 5.00. The van der Waals surface area contributed by atoms with Crippen LogP contribution in [-0.2, 0) is 14.3 Å². The predicted octanol–water partition coefficient (Wildman–Crippen LogP) is 3.33. The number of thioether (sulfide) groups is 1. The van der Waals surface area contributed by atoms with Gasteiger partial charge in [-0.3, -0.25) is 4.79 Å². The fourth-order valence-electron chi connectivity index (χ4n) is 0. The van der Waals surface area contributed by atoms with Crippen LogP contribution in [0.2, 0.25) is 0 Å². The van der Waals surface area contributed by atoms with Gasteiger partial charge in [0.1, 0.15) is 0 Å². The van der Waals surface area contributed by atoms with E-state index in [2.05, 4.69) is 9.47 Å². The van der Waals surface area contributed by atoms with Gasteiger partial charge in [0.05, 0.1) is 7.11 Å². The van der Waals surface area contributed by atoms with Crippen LogP contribution in [0.4, 0.5) is 0 Å². The van der Waals surface area contributed by atoms with E-state index in [4.69, 9.17) is 0 Å². The van der Waals surface area contributed by atoms with Crippen molar-refractivity contribution in [3.8, 4) is 0 Å². The number of hydrogen-bond acceptors (Lipinski definition) is 4. The minimum absolute atomic E-state index is 0. The standard InChI is InChI=1S/C3H6O2.C2H6O.C2H6S.3CH4/c1-3(4)5-2;2*1-3-2;;;/h1-2H3;2*1-2H3;3*1H4. The molecule has 0 fully saturated rings. The minimum atomic E-state index is -0.245. The van der Waals surface area contributed by atoms with E-state index in [1.807, 2.05) is 12.5 Å². The van der Waals surface area contributed by atoms with Crippen molar-refractivity contribution < 1.29 is 14.3 Å². The summed E-state index contributed by atoms with van der Waals surface area (Å²) in [4.78, 5) is 9.59. The van der Waals surface area contributed by atoms with Gasteiger partial charge in [-0.25, -0.2) is 0 Å². The Balaban J connectivity index is -0.0000000162. The average Bonchev–Trinajstić information content (AvgIpc) is 1.91. The Labute approximate surface area is 95.6 Å². The van der Waals surface area contributed by atoms with Gasteiger partial charge in [-0.2, -0.15) is 11.8 Å². The SMILES string of the molecule is C.C.C.COC.COC(C)=O.CSC. The second-order valence-corrected chi connectivity index (χ2v) is 2.33. The fraction of sp³-hybridized carbons (Fsp3) is 0.900. The van der Waals surface area contributed by atoms with Crippen molar-refractivity contribution in [2.75, 3.05) is 33.8 Å². The molecule has 0 saturated carbocycles. The molecule has 0 N–H and O–H groups in total. The Morgan fingerprint density at radius 3 is 1.07 bits per heavy atom. The summed E-state index contributed by atoms with van der Waals surface area (Å²) in [5.41, 5.74) is 0. The van der Waals surface area contributed by atoms with E-state index in [-0.39, 0.29) is 28.2 Å². The molecule has 0 aromatic heterocycles. The zero-order chi connectivity index (χ0) is 9.70. The summed E-state index contributed by atoms with van der Waals surface area (Å²) >= 11 is 1.75. The molecular weight excluding hydrogens is 200 g/mol. The van der Waals surface area contributed by atoms with Gasteiger partial charge in [0.25, 0.3) is 0 Å². The highest BCUT2D eigenvalue weighted by Gasteiger charge is 1.75. The summed E-state index contributed by atoms with van der Waals surface area (Å²) in [7, 11) is 4.60. The van der Waals surface area contributed by atoms with Crippen LogP contribution in [0.5, 0.6) is 0 Å². The Kier molecular flexibility index (Phi) is 141. The lowest BCUT2D eigenvalue weighted by Crippen LogP contribution is -1.88. The average molecular weight is 230 g/mol. The molecule has 14 heavy (non-hydrogen) atoms. The molecule has 0 aliphatic heterocycles. The van der Waals surface area contributed by atoms with E-state index in [9.17, 15) is 4.79 Å². The third-order valence-corrected chi connectivity index (χ3v) is 0.287. The summed E-state index contributed by atoms with van der Waals surface area (Å²) < 4.78 is 8.36. The molecule has 3 nitrogen and oxygen atoms in total. The summed E-state index contributed by atoms with van der Waals surface area (Å²) in [6.07, 6.45) is 4.08. The molecule has 94 valence electrons.